The normalized spacial score (nSPS) is 11.2. The summed E-state index contributed by atoms with van der Waals surface area (Å²) in [6.45, 7) is 7.81. The van der Waals surface area contributed by atoms with Crippen LogP contribution in [0.1, 0.15) is 27.2 Å². The lowest BCUT2D eigenvalue weighted by molar-refractivity contribution is -0.116. The van der Waals surface area contributed by atoms with E-state index in [2.05, 4.69) is 36.4 Å². The van der Waals surface area contributed by atoms with Gasteiger partial charge in [0.2, 0.25) is 11.8 Å². The predicted molar refractivity (Wildman–Crippen MR) is 82.6 cm³/mol. The number of rotatable bonds is 8. The zero-order valence-corrected chi connectivity index (χ0v) is 13.2. The molecule has 1 amide bonds. The molecule has 0 saturated carbocycles. The van der Waals surface area contributed by atoms with Crippen molar-refractivity contribution in [2.75, 3.05) is 32.2 Å². The van der Waals surface area contributed by atoms with E-state index in [1.54, 1.807) is 25.4 Å². The molecule has 1 aromatic heterocycles. The SMILES string of the molecule is COCCOc1ccc(NC(=O)CCNC(C)(C)C)cn1. The first-order valence-corrected chi connectivity index (χ1v) is 7.03. The molecule has 1 rings (SSSR count). The van der Waals surface area contributed by atoms with Gasteiger partial charge < -0.3 is 20.1 Å². The minimum atomic E-state index is -0.0402. The monoisotopic (exact) mass is 295 g/mol. The average Bonchev–Trinajstić information content (AvgIpc) is 2.39. The van der Waals surface area contributed by atoms with E-state index in [4.69, 9.17) is 9.47 Å². The fraction of sp³-hybridized carbons (Fsp3) is 0.600. The largest absolute Gasteiger partial charge is 0.475 e. The molecule has 0 bridgehead atoms. The number of nitrogens with zero attached hydrogens (tertiary/aromatic N) is 1. The minimum absolute atomic E-state index is 0.0169. The lowest BCUT2D eigenvalue weighted by atomic mass is 10.1. The van der Waals surface area contributed by atoms with Gasteiger partial charge in [0.15, 0.2) is 0 Å². The van der Waals surface area contributed by atoms with Gasteiger partial charge in [0, 0.05) is 31.7 Å². The van der Waals surface area contributed by atoms with E-state index in [9.17, 15) is 4.79 Å². The van der Waals surface area contributed by atoms with Crippen molar-refractivity contribution in [1.82, 2.24) is 10.3 Å². The van der Waals surface area contributed by atoms with Crippen molar-refractivity contribution in [3.63, 3.8) is 0 Å². The lowest BCUT2D eigenvalue weighted by Crippen LogP contribution is -2.37. The van der Waals surface area contributed by atoms with Gasteiger partial charge in [-0.05, 0) is 26.8 Å². The summed E-state index contributed by atoms with van der Waals surface area (Å²) in [6, 6.07) is 3.49. The summed E-state index contributed by atoms with van der Waals surface area (Å²) >= 11 is 0. The number of pyridine rings is 1. The smallest absolute Gasteiger partial charge is 0.225 e. The number of anilines is 1. The number of hydrogen-bond donors (Lipinski definition) is 2. The molecule has 6 heteroatoms. The minimum Gasteiger partial charge on any atom is -0.475 e. The number of methoxy groups -OCH3 is 1. The first-order chi connectivity index (χ1) is 9.90. The van der Waals surface area contributed by atoms with Crippen molar-refractivity contribution in [1.29, 1.82) is 0 Å². The quantitative estimate of drug-likeness (QED) is 0.716. The van der Waals surface area contributed by atoms with Crippen molar-refractivity contribution < 1.29 is 14.3 Å². The molecule has 0 saturated heterocycles. The molecule has 6 nitrogen and oxygen atoms in total. The highest BCUT2D eigenvalue weighted by Gasteiger charge is 2.09. The summed E-state index contributed by atoms with van der Waals surface area (Å²) in [6.07, 6.45) is 2.00. The number of carbonyl (C=O) groups excluding carboxylic acids is 1. The third kappa shape index (κ3) is 8.27. The number of aromatic nitrogens is 1. The summed E-state index contributed by atoms with van der Waals surface area (Å²) < 4.78 is 10.2. The van der Waals surface area contributed by atoms with Crippen LogP contribution in [0.5, 0.6) is 5.88 Å². The first-order valence-electron chi connectivity index (χ1n) is 7.03. The summed E-state index contributed by atoms with van der Waals surface area (Å²) in [4.78, 5) is 15.9. The molecule has 0 unspecified atom stereocenters. The molecule has 0 aliphatic carbocycles. The second kappa shape index (κ2) is 8.59. The van der Waals surface area contributed by atoms with Gasteiger partial charge in [0.05, 0.1) is 18.5 Å². The molecule has 0 fully saturated rings. The van der Waals surface area contributed by atoms with Crippen LogP contribution in [0.25, 0.3) is 0 Å². The molecule has 0 aliphatic rings. The third-order valence-corrected chi connectivity index (χ3v) is 2.56. The molecule has 1 aromatic rings. The van der Waals surface area contributed by atoms with Crippen LogP contribution < -0.4 is 15.4 Å². The first kappa shape index (κ1) is 17.4. The van der Waals surface area contributed by atoms with E-state index in [0.717, 1.165) is 0 Å². The zero-order chi connectivity index (χ0) is 15.7. The molecular weight excluding hydrogens is 270 g/mol. The van der Waals surface area contributed by atoms with Crippen LogP contribution in [0, 0.1) is 0 Å². The Balaban J connectivity index is 2.32. The standard InChI is InChI=1S/C15H25N3O3/c1-15(2,3)17-8-7-13(19)18-12-5-6-14(16-11-12)21-10-9-20-4/h5-6,11,17H,7-10H2,1-4H3,(H,18,19). The molecule has 0 aromatic carbocycles. The average molecular weight is 295 g/mol. The summed E-state index contributed by atoms with van der Waals surface area (Å²) in [5.74, 6) is 0.473. The zero-order valence-electron chi connectivity index (χ0n) is 13.2. The van der Waals surface area contributed by atoms with Gasteiger partial charge >= 0.3 is 0 Å². The molecule has 21 heavy (non-hydrogen) atoms. The van der Waals surface area contributed by atoms with E-state index in [0.29, 0.717) is 37.7 Å². The van der Waals surface area contributed by atoms with Crippen LogP contribution in [0.4, 0.5) is 5.69 Å². The number of amides is 1. The van der Waals surface area contributed by atoms with Gasteiger partial charge in [-0.2, -0.15) is 0 Å². The molecule has 1 heterocycles. The van der Waals surface area contributed by atoms with Gasteiger partial charge in [0.1, 0.15) is 6.61 Å². The number of nitrogens with one attached hydrogen (secondary N) is 2. The number of hydrogen-bond acceptors (Lipinski definition) is 5. The number of carbonyl (C=O) groups is 1. The highest BCUT2D eigenvalue weighted by molar-refractivity contribution is 5.90. The highest BCUT2D eigenvalue weighted by Crippen LogP contribution is 2.11. The van der Waals surface area contributed by atoms with Gasteiger partial charge in [-0.3, -0.25) is 4.79 Å². The molecule has 0 aliphatic heterocycles. The van der Waals surface area contributed by atoms with E-state index in [1.165, 1.54) is 0 Å². The molecule has 0 atom stereocenters. The molecular formula is C15H25N3O3. The van der Waals surface area contributed by atoms with Gasteiger partial charge in [-0.1, -0.05) is 0 Å². The van der Waals surface area contributed by atoms with E-state index in [1.807, 2.05) is 0 Å². The highest BCUT2D eigenvalue weighted by atomic mass is 16.5. The fourth-order valence-electron chi connectivity index (χ4n) is 1.54. The van der Waals surface area contributed by atoms with Crippen LogP contribution in [0.3, 0.4) is 0 Å². The summed E-state index contributed by atoms with van der Waals surface area (Å²) in [5, 5.41) is 6.07. The predicted octanol–water partition coefficient (Wildman–Crippen LogP) is 1.82. The van der Waals surface area contributed by atoms with E-state index < -0.39 is 0 Å². The maximum atomic E-state index is 11.8. The Bertz CT molecular complexity index is 427. The molecule has 118 valence electrons. The van der Waals surface area contributed by atoms with Crippen LogP contribution in [-0.2, 0) is 9.53 Å². The third-order valence-electron chi connectivity index (χ3n) is 2.56. The van der Waals surface area contributed by atoms with Gasteiger partial charge in [-0.25, -0.2) is 4.98 Å². The number of ether oxygens (including phenoxy) is 2. The Morgan fingerprint density at radius 2 is 2.05 bits per heavy atom. The Hall–Kier alpha value is -1.66. The molecule has 0 radical (unpaired) electrons. The van der Waals surface area contributed by atoms with E-state index >= 15 is 0 Å². The Labute approximate surface area is 126 Å². The van der Waals surface area contributed by atoms with Crippen molar-refractivity contribution in [3.8, 4) is 5.88 Å². The molecule has 0 spiro atoms. The van der Waals surface area contributed by atoms with Crippen molar-refractivity contribution in [2.24, 2.45) is 0 Å². The Morgan fingerprint density at radius 1 is 1.29 bits per heavy atom. The Morgan fingerprint density at radius 3 is 2.62 bits per heavy atom. The second-order valence-electron chi connectivity index (χ2n) is 5.70. The van der Waals surface area contributed by atoms with Gasteiger partial charge in [-0.15, -0.1) is 0 Å². The Kier molecular flexibility index (Phi) is 7.11. The van der Waals surface area contributed by atoms with E-state index in [-0.39, 0.29) is 11.4 Å². The van der Waals surface area contributed by atoms with Crippen LogP contribution in [0.2, 0.25) is 0 Å². The molecule has 2 N–H and O–H groups in total. The summed E-state index contributed by atoms with van der Waals surface area (Å²) in [5.41, 5.74) is 0.679. The van der Waals surface area contributed by atoms with Crippen molar-refractivity contribution in [3.05, 3.63) is 18.3 Å². The summed E-state index contributed by atoms with van der Waals surface area (Å²) in [7, 11) is 1.62. The topological polar surface area (TPSA) is 72.5 Å². The fourth-order valence-corrected chi connectivity index (χ4v) is 1.54. The van der Waals surface area contributed by atoms with Crippen molar-refractivity contribution in [2.45, 2.75) is 32.7 Å². The van der Waals surface area contributed by atoms with Gasteiger partial charge in [0.25, 0.3) is 0 Å². The lowest BCUT2D eigenvalue weighted by Gasteiger charge is -2.20. The van der Waals surface area contributed by atoms with Crippen LogP contribution in [-0.4, -0.2) is 43.3 Å². The van der Waals surface area contributed by atoms with Crippen LogP contribution in [0.15, 0.2) is 18.3 Å². The maximum absolute atomic E-state index is 11.8. The van der Waals surface area contributed by atoms with Crippen LogP contribution >= 0.6 is 0 Å². The maximum Gasteiger partial charge on any atom is 0.225 e. The van der Waals surface area contributed by atoms with Crippen molar-refractivity contribution >= 4 is 11.6 Å². The second-order valence-corrected chi connectivity index (χ2v) is 5.70.